The molecular formula is C14H19N3O. The number of imidazole rings is 1. The van der Waals surface area contributed by atoms with E-state index in [4.69, 9.17) is 10.5 Å². The Kier molecular flexibility index (Phi) is 3.39. The minimum absolute atomic E-state index is 0.411. The molecule has 0 aliphatic rings. The van der Waals surface area contributed by atoms with Gasteiger partial charge >= 0.3 is 0 Å². The summed E-state index contributed by atoms with van der Waals surface area (Å²) in [6.45, 7) is 6.57. The quantitative estimate of drug-likeness (QED) is 0.873. The summed E-state index contributed by atoms with van der Waals surface area (Å²) >= 11 is 0. The molecular weight excluding hydrogens is 226 g/mol. The van der Waals surface area contributed by atoms with Gasteiger partial charge in [-0.3, -0.25) is 0 Å². The van der Waals surface area contributed by atoms with Crippen LogP contribution in [0.15, 0.2) is 12.1 Å². The van der Waals surface area contributed by atoms with E-state index in [-0.39, 0.29) is 0 Å². The second-order valence-electron chi connectivity index (χ2n) is 4.50. The molecule has 0 fully saturated rings. The molecule has 2 aromatic rings. The van der Waals surface area contributed by atoms with E-state index in [2.05, 4.69) is 29.9 Å². The predicted molar refractivity (Wildman–Crippen MR) is 72.7 cm³/mol. The third-order valence-electron chi connectivity index (χ3n) is 3.20. The highest BCUT2D eigenvalue weighted by atomic mass is 16.5. The van der Waals surface area contributed by atoms with Crippen molar-refractivity contribution in [3.63, 3.8) is 0 Å². The van der Waals surface area contributed by atoms with Crippen molar-refractivity contribution in [3.05, 3.63) is 34.8 Å². The summed E-state index contributed by atoms with van der Waals surface area (Å²) in [5, 5.41) is 0. The van der Waals surface area contributed by atoms with Crippen LogP contribution in [0, 0.1) is 20.8 Å². The van der Waals surface area contributed by atoms with Crippen LogP contribution in [0.5, 0.6) is 5.75 Å². The van der Waals surface area contributed by atoms with Crippen LogP contribution in [-0.2, 0) is 6.54 Å². The van der Waals surface area contributed by atoms with Crippen molar-refractivity contribution in [2.24, 2.45) is 5.73 Å². The number of nitrogens with two attached hydrogens (primary N) is 1. The van der Waals surface area contributed by atoms with Crippen LogP contribution in [0.2, 0.25) is 0 Å². The van der Waals surface area contributed by atoms with E-state index >= 15 is 0 Å². The van der Waals surface area contributed by atoms with Crippen molar-refractivity contribution in [1.82, 2.24) is 9.97 Å². The van der Waals surface area contributed by atoms with E-state index in [1.807, 2.05) is 13.0 Å². The molecule has 3 N–H and O–H groups in total. The summed E-state index contributed by atoms with van der Waals surface area (Å²) in [5.74, 6) is 1.64. The summed E-state index contributed by atoms with van der Waals surface area (Å²) in [5.41, 5.74) is 11.0. The first-order chi connectivity index (χ1) is 8.56. The van der Waals surface area contributed by atoms with Gasteiger partial charge in [-0.25, -0.2) is 4.98 Å². The minimum Gasteiger partial charge on any atom is -0.496 e. The molecule has 0 aliphatic heterocycles. The number of aromatic nitrogens is 2. The zero-order valence-corrected chi connectivity index (χ0v) is 11.3. The number of H-pyrrole nitrogens is 1. The van der Waals surface area contributed by atoms with Gasteiger partial charge in [-0.2, -0.15) is 0 Å². The number of aromatic amines is 1. The number of hydrogen-bond donors (Lipinski definition) is 2. The van der Waals surface area contributed by atoms with Crippen LogP contribution in [0.4, 0.5) is 0 Å². The van der Waals surface area contributed by atoms with E-state index in [0.29, 0.717) is 6.54 Å². The highest BCUT2D eigenvalue weighted by Crippen LogP contribution is 2.33. The van der Waals surface area contributed by atoms with E-state index in [1.165, 1.54) is 11.1 Å². The van der Waals surface area contributed by atoms with Crippen molar-refractivity contribution in [3.8, 4) is 17.0 Å². The first-order valence-corrected chi connectivity index (χ1v) is 5.98. The Morgan fingerprint density at radius 2 is 1.89 bits per heavy atom. The lowest BCUT2D eigenvalue weighted by Crippen LogP contribution is -1.98. The first kappa shape index (κ1) is 12.6. The van der Waals surface area contributed by atoms with Gasteiger partial charge in [0.1, 0.15) is 11.6 Å². The lowest BCUT2D eigenvalue weighted by Gasteiger charge is -2.10. The van der Waals surface area contributed by atoms with Gasteiger partial charge in [-0.1, -0.05) is 0 Å². The largest absolute Gasteiger partial charge is 0.496 e. The maximum absolute atomic E-state index is 5.61. The van der Waals surface area contributed by atoms with E-state index in [9.17, 15) is 0 Å². The second kappa shape index (κ2) is 4.82. The van der Waals surface area contributed by atoms with Gasteiger partial charge in [0.05, 0.1) is 19.3 Å². The van der Waals surface area contributed by atoms with Crippen molar-refractivity contribution in [2.75, 3.05) is 7.11 Å². The summed E-state index contributed by atoms with van der Waals surface area (Å²) in [7, 11) is 1.68. The molecule has 96 valence electrons. The molecule has 4 nitrogen and oxygen atoms in total. The molecule has 0 bridgehead atoms. The molecule has 4 heteroatoms. The number of hydrogen-bond acceptors (Lipinski definition) is 3. The van der Waals surface area contributed by atoms with Gasteiger partial charge in [-0.15, -0.1) is 0 Å². The SMILES string of the molecule is COc1cc(C)c(C)cc1-c1nc(CN)[nH]c1C. The molecule has 0 saturated heterocycles. The fourth-order valence-corrected chi connectivity index (χ4v) is 2.02. The second-order valence-corrected chi connectivity index (χ2v) is 4.50. The van der Waals surface area contributed by atoms with Crippen LogP contribution in [0.1, 0.15) is 22.6 Å². The van der Waals surface area contributed by atoms with Crippen molar-refractivity contribution in [2.45, 2.75) is 27.3 Å². The monoisotopic (exact) mass is 245 g/mol. The van der Waals surface area contributed by atoms with Crippen molar-refractivity contribution >= 4 is 0 Å². The molecule has 18 heavy (non-hydrogen) atoms. The molecule has 0 unspecified atom stereocenters. The number of aryl methyl sites for hydroxylation is 3. The number of nitrogens with one attached hydrogen (secondary N) is 1. The third kappa shape index (κ3) is 2.11. The molecule has 1 aromatic heterocycles. The van der Waals surface area contributed by atoms with E-state index < -0.39 is 0 Å². The predicted octanol–water partition coefficient (Wildman–Crippen LogP) is 2.47. The third-order valence-corrected chi connectivity index (χ3v) is 3.20. The minimum atomic E-state index is 0.411. The van der Waals surface area contributed by atoms with Crippen LogP contribution >= 0.6 is 0 Å². The van der Waals surface area contributed by atoms with Gasteiger partial charge in [0.15, 0.2) is 0 Å². The Labute approximate surface area is 107 Å². The zero-order valence-electron chi connectivity index (χ0n) is 11.3. The lowest BCUT2D eigenvalue weighted by atomic mass is 10.0. The Hall–Kier alpha value is -1.81. The zero-order chi connectivity index (χ0) is 13.3. The molecule has 0 amide bonds. The Balaban J connectivity index is 2.61. The van der Waals surface area contributed by atoms with Gasteiger partial charge in [0, 0.05) is 11.3 Å². The normalized spacial score (nSPS) is 10.7. The van der Waals surface area contributed by atoms with Crippen LogP contribution in [0.3, 0.4) is 0 Å². The van der Waals surface area contributed by atoms with Crippen molar-refractivity contribution in [1.29, 1.82) is 0 Å². The number of nitrogens with zero attached hydrogens (tertiary/aromatic N) is 1. The number of rotatable bonds is 3. The number of ether oxygens (including phenoxy) is 1. The molecule has 2 rings (SSSR count). The van der Waals surface area contributed by atoms with Crippen LogP contribution in [-0.4, -0.2) is 17.1 Å². The van der Waals surface area contributed by atoms with E-state index in [1.54, 1.807) is 7.11 Å². The van der Waals surface area contributed by atoms with Crippen molar-refractivity contribution < 1.29 is 4.74 Å². The molecule has 0 aliphatic carbocycles. The van der Waals surface area contributed by atoms with Gasteiger partial charge in [-0.05, 0) is 44.0 Å². The maximum atomic E-state index is 5.61. The number of methoxy groups -OCH3 is 1. The van der Waals surface area contributed by atoms with Crippen LogP contribution in [0.25, 0.3) is 11.3 Å². The first-order valence-electron chi connectivity index (χ1n) is 5.98. The molecule has 1 heterocycles. The molecule has 0 spiro atoms. The average Bonchev–Trinajstić information content (AvgIpc) is 2.73. The molecule has 1 aromatic carbocycles. The highest BCUT2D eigenvalue weighted by Gasteiger charge is 2.14. The summed E-state index contributed by atoms with van der Waals surface area (Å²) in [4.78, 5) is 7.70. The fourth-order valence-electron chi connectivity index (χ4n) is 2.02. The van der Waals surface area contributed by atoms with Gasteiger partial charge in [0.25, 0.3) is 0 Å². The van der Waals surface area contributed by atoms with E-state index in [0.717, 1.165) is 28.5 Å². The Morgan fingerprint density at radius 3 is 2.44 bits per heavy atom. The standard InChI is InChI=1S/C14H19N3O/c1-8-5-11(12(18-4)6-9(8)2)14-10(3)16-13(7-15)17-14/h5-6H,7,15H2,1-4H3,(H,16,17). The Bertz CT molecular complexity index is 573. The average molecular weight is 245 g/mol. The van der Waals surface area contributed by atoms with Crippen LogP contribution < -0.4 is 10.5 Å². The fraction of sp³-hybridized carbons (Fsp3) is 0.357. The van der Waals surface area contributed by atoms with Gasteiger partial charge in [0.2, 0.25) is 0 Å². The molecule has 0 saturated carbocycles. The topological polar surface area (TPSA) is 63.9 Å². The molecule has 0 atom stereocenters. The lowest BCUT2D eigenvalue weighted by molar-refractivity contribution is 0.416. The summed E-state index contributed by atoms with van der Waals surface area (Å²) in [6.07, 6.45) is 0. The Morgan fingerprint density at radius 1 is 1.22 bits per heavy atom. The number of benzene rings is 1. The van der Waals surface area contributed by atoms with Gasteiger partial charge < -0.3 is 15.5 Å². The smallest absolute Gasteiger partial charge is 0.128 e. The summed E-state index contributed by atoms with van der Waals surface area (Å²) in [6, 6.07) is 4.15. The summed E-state index contributed by atoms with van der Waals surface area (Å²) < 4.78 is 5.45. The highest BCUT2D eigenvalue weighted by molar-refractivity contribution is 5.71. The molecule has 0 radical (unpaired) electrons. The maximum Gasteiger partial charge on any atom is 0.128 e.